The van der Waals surface area contributed by atoms with Crippen LogP contribution in [0.15, 0.2) is 18.2 Å². The van der Waals surface area contributed by atoms with Crippen LogP contribution >= 0.6 is 0 Å². The quantitative estimate of drug-likeness (QED) is 0.846. The number of rotatable bonds is 5. The van der Waals surface area contributed by atoms with Gasteiger partial charge in [-0.2, -0.15) is 0 Å². The van der Waals surface area contributed by atoms with Crippen LogP contribution in [0, 0.1) is 23.0 Å². The van der Waals surface area contributed by atoms with Crippen LogP contribution in [0.4, 0.5) is 8.78 Å². The molecule has 3 heteroatoms. The number of halogens is 2. The van der Waals surface area contributed by atoms with Gasteiger partial charge in [-0.05, 0) is 42.9 Å². The molecule has 2 atom stereocenters. The molecule has 0 amide bonds. The van der Waals surface area contributed by atoms with E-state index in [0.29, 0.717) is 17.9 Å². The predicted octanol–water partition coefficient (Wildman–Crippen LogP) is 4.17. The summed E-state index contributed by atoms with van der Waals surface area (Å²) in [5, 5.41) is 3.21. The summed E-state index contributed by atoms with van der Waals surface area (Å²) in [4.78, 5) is 0. The van der Waals surface area contributed by atoms with Gasteiger partial charge in [-0.15, -0.1) is 0 Å². The van der Waals surface area contributed by atoms with E-state index in [0.717, 1.165) is 12.5 Å². The predicted molar refractivity (Wildman–Crippen MR) is 76.1 cm³/mol. The standard InChI is InChI=1S/C16H25F2N/c1-11(16(2,3)4)9-13(19-5)10-12-7-6-8-14(17)15(12)18/h6-8,11,13,19H,9-10H2,1-5H3. The Labute approximate surface area is 115 Å². The molecule has 0 aliphatic carbocycles. The maximum Gasteiger partial charge on any atom is 0.162 e. The van der Waals surface area contributed by atoms with Crippen molar-refractivity contribution < 1.29 is 8.78 Å². The van der Waals surface area contributed by atoms with Crippen LogP contribution in [0.5, 0.6) is 0 Å². The maximum absolute atomic E-state index is 13.7. The minimum absolute atomic E-state index is 0.158. The highest BCUT2D eigenvalue weighted by Crippen LogP contribution is 2.29. The van der Waals surface area contributed by atoms with Gasteiger partial charge in [-0.3, -0.25) is 0 Å². The van der Waals surface area contributed by atoms with Crippen LogP contribution in [0.1, 0.15) is 39.7 Å². The average Bonchev–Trinajstić information content (AvgIpc) is 2.32. The van der Waals surface area contributed by atoms with E-state index in [1.54, 1.807) is 12.1 Å². The molecule has 0 aliphatic rings. The van der Waals surface area contributed by atoms with Crippen LogP contribution in [-0.2, 0) is 6.42 Å². The largest absolute Gasteiger partial charge is 0.317 e. The zero-order valence-corrected chi connectivity index (χ0v) is 12.6. The van der Waals surface area contributed by atoms with Crippen LogP contribution < -0.4 is 5.32 Å². The van der Waals surface area contributed by atoms with Crippen LogP contribution in [0.2, 0.25) is 0 Å². The van der Waals surface area contributed by atoms with Gasteiger partial charge in [0.25, 0.3) is 0 Å². The van der Waals surface area contributed by atoms with Gasteiger partial charge >= 0.3 is 0 Å². The molecular weight excluding hydrogens is 244 g/mol. The molecule has 0 saturated carbocycles. The number of hydrogen-bond acceptors (Lipinski definition) is 1. The molecule has 1 aromatic carbocycles. The summed E-state index contributed by atoms with van der Waals surface area (Å²) in [6, 6.07) is 4.54. The normalized spacial score (nSPS) is 15.3. The Hall–Kier alpha value is -0.960. The second-order valence-corrected chi connectivity index (χ2v) is 6.41. The third kappa shape index (κ3) is 4.57. The lowest BCUT2D eigenvalue weighted by atomic mass is 9.78. The van der Waals surface area contributed by atoms with Gasteiger partial charge in [0.1, 0.15) is 0 Å². The number of nitrogens with one attached hydrogen (secondary N) is 1. The number of likely N-dealkylation sites (N-methyl/N-ethyl adjacent to an activating group) is 1. The first-order valence-corrected chi connectivity index (χ1v) is 6.85. The molecule has 0 fully saturated rings. The minimum Gasteiger partial charge on any atom is -0.317 e. The van der Waals surface area contributed by atoms with Crippen molar-refractivity contribution in [2.75, 3.05) is 7.05 Å². The smallest absolute Gasteiger partial charge is 0.162 e. The summed E-state index contributed by atoms with van der Waals surface area (Å²) in [7, 11) is 1.87. The zero-order valence-electron chi connectivity index (χ0n) is 12.6. The Balaban J connectivity index is 2.75. The summed E-state index contributed by atoms with van der Waals surface area (Å²) in [5.41, 5.74) is 0.663. The third-order valence-electron chi connectivity index (χ3n) is 4.02. The third-order valence-corrected chi connectivity index (χ3v) is 4.02. The van der Waals surface area contributed by atoms with Crippen molar-refractivity contribution >= 4 is 0 Å². The van der Waals surface area contributed by atoms with Crippen molar-refractivity contribution in [3.63, 3.8) is 0 Å². The van der Waals surface area contributed by atoms with E-state index >= 15 is 0 Å². The Bertz CT molecular complexity index is 410. The molecule has 0 aromatic heterocycles. The first-order valence-electron chi connectivity index (χ1n) is 6.85. The molecule has 108 valence electrons. The Morgan fingerprint density at radius 1 is 1.21 bits per heavy atom. The van der Waals surface area contributed by atoms with E-state index in [-0.39, 0.29) is 11.5 Å². The van der Waals surface area contributed by atoms with Gasteiger partial charge in [0, 0.05) is 6.04 Å². The van der Waals surface area contributed by atoms with E-state index in [4.69, 9.17) is 0 Å². The van der Waals surface area contributed by atoms with Gasteiger partial charge in [-0.1, -0.05) is 39.8 Å². The second kappa shape index (κ2) is 6.47. The number of hydrogen-bond donors (Lipinski definition) is 1. The Kier molecular flexibility index (Phi) is 5.48. The van der Waals surface area contributed by atoms with Gasteiger partial charge in [0.05, 0.1) is 0 Å². The van der Waals surface area contributed by atoms with E-state index in [1.807, 2.05) is 7.05 Å². The molecule has 1 aromatic rings. The van der Waals surface area contributed by atoms with Crippen molar-refractivity contribution in [3.05, 3.63) is 35.4 Å². The summed E-state index contributed by atoms with van der Waals surface area (Å²) in [6.45, 7) is 8.81. The molecule has 0 bridgehead atoms. The first-order chi connectivity index (χ1) is 8.75. The van der Waals surface area contributed by atoms with Crippen molar-refractivity contribution in [1.82, 2.24) is 5.32 Å². The molecule has 19 heavy (non-hydrogen) atoms. The van der Waals surface area contributed by atoms with Gasteiger partial charge in [0.15, 0.2) is 11.6 Å². The topological polar surface area (TPSA) is 12.0 Å². The summed E-state index contributed by atoms with van der Waals surface area (Å²) < 4.78 is 26.9. The SMILES string of the molecule is CNC(Cc1cccc(F)c1F)CC(C)C(C)(C)C. The van der Waals surface area contributed by atoms with Crippen LogP contribution in [0.3, 0.4) is 0 Å². The highest BCUT2D eigenvalue weighted by Gasteiger charge is 2.23. The number of benzene rings is 1. The molecule has 1 rings (SSSR count). The molecule has 0 heterocycles. The molecule has 0 saturated heterocycles. The van der Waals surface area contributed by atoms with E-state index < -0.39 is 11.6 Å². The lowest BCUT2D eigenvalue weighted by Crippen LogP contribution is -2.33. The monoisotopic (exact) mass is 269 g/mol. The maximum atomic E-state index is 13.7. The highest BCUT2D eigenvalue weighted by molar-refractivity contribution is 5.20. The lowest BCUT2D eigenvalue weighted by Gasteiger charge is -2.30. The fourth-order valence-electron chi connectivity index (χ4n) is 2.06. The van der Waals surface area contributed by atoms with Crippen molar-refractivity contribution in [2.45, 2.75) is 46.6 Å². The van der Waals surface area contributed by atoms with Crippen molar-refractivity contribution in [2.24, 2.45) is 11.3 Å². The summed E-state index contributed by atoms with van der Waals surface area (Å²) >= 11 is 0. The summed E-state index contributed by atoms with van der Waals surface area (Å²) in [5.74, 6) is -0.982. The van der Waals surface area contributed by atoms with E-state index in [9.17, 15) is 8.78 Å². The average molecular weight is 269 g/mol. The molecule has 1 N–H and O–H groups in total. The molecule has 0 radical (unpaired) electrons. The first kappa shape index (κ1) is 16.1. The lowest BCUT2D eigenvalue weighted by molar-refractivity contribution is 0.224. The van der Waals surface area contributed by atoms with Crippen molar-refractivity contribution in [3.8, 4) is 0 Å². The minimum atomic E-state index is -0.767. The molecule has 0 aliphatic heterocycles. The van der Waals surface area contributed by atoms with Crippen LogP contribution in [0.25, 0.3) is 0 Å². The van der Waals surface area contributed by atoms with Crippen molar-refractivity contribution in [1.29, 1.82) is 0 Å². The Morgan fingerprint density at radius 3 is 2.37 bits per heavy atom. The molecular formula is C16H25F2N. The van der Waals surface area contributed by atoms with Gasteiger partial charge in [-0.25, -0.2) is 8.78 Å². The van der Waals surface area contributed by atoms with E-state index in [1.165, 1.54) is 0 Å². The van der Waals surface area contributed by atoms with Gasteiger partial charge in [0.2, 0.25) is 0 Å². The fourth-order valence-corrected chi connectivity index (χ4v) is 2.06. The Morgan fingerprint density at radius 2 is 1.84 bits per heavy atom. The second-order valence-electron chi connectivity index (χ2n) is 6.41. The van der Waals surface area contributed by atoms with Gasteiger partial charge < -0.3 is 5.32 Å². The molecule has 0 spiro atoms. The molecule has 1 nitrogen and oxygen atoms in total. The highest BCUT2D eigenvalue weighted by atomic mass is 19.2. The van der Waals surface area contributed by atoms with E-state index in [2.05, 4.69) is 33.0 Å². The van der Waals surface area contributed by atoms with Crippen LogP contribution in [-0.4, -0.2) is 13.1 Å². The summed E-state index contributed by atoms with van der Waals surface area (Å²) in [6.07, 6.45) is 1.45. The fraction of sp³-hybridized carbons (Fsp3) is 0.625. The molecule has 2 unspecified atom stereocenters. The zero-order chi connectivity index (χ0) is 14.6.